The third kappa shape index (κ3) is 4.14. The Morgan fingerprint density at radius 2 is 1.88 bits per heavy atom. The van der Waals surface area contributed by atoms with Gasteiger partial charge in [0.2, 0.25) is 11.8 Å². The van der Waals surface area contributed by atoms with Crippen LogP contribution in [0.1, 0.15) is 23.2 Å². The normalized spacial score (nSPS) is 17.4. The molecule has 1 aromatic heterocycles. The fourth-order valence-corrected chi connectivity index (χ4v) is 3.00. The summed E-state index contributed by atoms with van der Waals surface area (Å²) in [5, 5.41) is 7.87. The minimum Gasteiger partial charge on any atom is -0.480 e. The Balaban J connectivity index is 1.63. The molecule has 2 heterocycles. The minimum atomic E-state index is -0.0748. The van der Waals surface area contributed by atoms with Crippen LogP contribution in [0.25, 0.3) is 0 Å². The number of amides is 1. The van der Waals surface area contributed by atoms with Crippen LogP contribution in [-0.2, 0) is 0 Å². The molecule has 3 rings (SSSR count). The fraction of sp³-hybridized carbons (Fsp3) is 0.353. The first-order chi connectivity index (χ1) is 11.7. The number of hydrogen-bond acceptors (Lipinski definition) is 5. The molecule has 0 N–H and O–H groups in total. The second kappa shape index (κ2) is 7.78. The monoisotopic (exact) mass is 439 g/mol. The van der Waals surface area contributed by atoms with E-state index in [2.05, 4.69) is 32.8 Å². The van der Waals surface area contributed by atoms with Crippen LogP contribution in [-0.4, -0.2) is 47.3 Å². The number of halogens is 1. The Hall–Kier alpha value is -1.90. The summed E-state index contributed by atoms with van der Waals surface area (Å²) < 4.78 is 12.0. The highest BCUT2D eigenvalue weighted by atomic mass is 127. The van der Waals surface area contributed by atoms with E-state index < -0.39 is 0 Å². The maximum Gasteiger partial charge on any atom is 0.253 e. The van der Waals surface area contributed by atoms with Gasteiger partial charge in [0.15, 0.2) is 0 Å². The maximum absolute atomic E-state index is 12.6. The van der Waals surface area contributed by atoms with Crippen LogP contribution >= 0.6 is 22.6 Å². The van der Waals surface area contributed by atoms with Crippen molar-refractivity contribution in [2.24, 2.45) is 0 Å². The van der Waals surface area contributed by atoms with Crippen LogP contribution in [0.4, 0.5) is 0 Å². The van der Waals surface area contributed by atoms with Crippen LogP contribution < -0.4 is 9.47 Å². The molecular formula is C17H18IN3O3. The Bertz CT molecular complexity index is 691. The molecule has 7 heteroatoms. The lowest BCUT2D eigenvalue weighted by Crippen LogP contribution is -2.44. The summed E-state index contributed by atoms with van der Waals surface area (Å²) in [4.78, 5) is 14.5. The standard InChI is InChI=1S/C17H18IN3O3/c1-23-15-8-9-16(20-19-15)24-14-3-2-10-21(11-14)17(22)12-4-6-13(18)7-5-12/h4-9,14H,2-3,10-11H2,1H3. The topological polar surface area (TPSA) is 64.6 Å². The van der Waals surface area contributed by atoms with Gasteiger partial charge in [-0.05, 0) is 59.7 Å². The first kappa shape index (κ1) is 16.9. The van der Waals surface area contributed by atoms with Gasteiger partial charge in [0.25, 0.3) is 5.91 Å². The Morgan fingerprint density at radius 1 is 1.17 bits per heavy atom. The molecule has 0 radical (unpaired) electrons. The largest absolute Gasteiger partial charge is 0.480 e. The zero-order chi connectivity index (χ0) is 16.9. The number of methoxy groups -OCH3 is 1. The smallest absolute Gasteiger partial charge is 0.253 e. The van der Waals surface area contributed by atoms with Gasteiger partial charge in [-0.25, -0.2) is 0 Å². The van der Waals surface area contributed by atoms with Gasteiger partial charge in [-0.2, -0.15) is 0 Å². The van der Waals surface area contributed by atoms with E-state index in [1.54, 1.807) is 19.2 Å². The molecule has 0 spiro atoms. The SMILES string of the molecule is COc1ccc(OC2CCCN(C(=O)c3ccc(I)cc3)C2)nn1. The van der Waals surface area contributed by atoms with Crippen molar-refractivity contribution in [3.8, 4) is 11.8 Å². The van der Waals surface area contributed by atoms with E-state index in [4.69, 9.17) is 9.47 Å². The molecule has 126 valence electrons. The van der Waals surface area contributed by atoms with Gasteiger partial charge >= 0.3 is 0 Å². The second-order valence-corrected chi connectivity index (χ2v) is 6.80. The summed E-state index contributed by atoms with van der Waals surface area (Å²) >= 11 is 2.23. The van der Waals surface area contributed by atoms with Crippen molar-refractivity contribution in [2.45, 2.75) is 18.9 Å². The van der Waals surface area contributed by atoms with Crippen molar-refractivity contribution in [3.63, 3.8) is 0 Å². The lowest BCUT2D eigenvalue weighted by Gasteiger charge is -2.32. The molecule has 1 saturated heterocycles. The van der Waals surface area contributed by atoms with Crippen molar-refractivity contribution in [3.05, 3.63) is 45.5 Å². The average molecular weight is 439 g/mol. The van der Waals surface area contributed by atoms with Gasteiger partial charge in [0.05, 0.1) is 13.7 Å². The number of likely N-dealkylation sites (tertiary alicyclic amines) is 1. The zero-order valence-corrected chi connectivity index (χ0v) is 15.5. The quantitative estimate of drug-likeness (QED) is 0.686. The molecule has 6 nitrogen and oxygen atoms in total. The van der Waals surface area contributed by atoms with Crippen molar-refractivity contribution in [1.82, 2.24) is 15.1 Å². The molecule has 0 aliphatic carbocycles. The van der Waals surface area contributed by atoms with E-state index in [9.17, 15) is 4.79 Å². The molecule has 24 heavy (non-hydrogen) atoms. The number of piperidine rings is 1. The van der Waals surface area contributed by atoms with E-state index in [0.717, 1.165) is 23.0 Å². The van der Waals surface area contributed by atoms with Gasteiger partial charge in [-0.15, -0.1) is 10.2 Å². The molecule has 1 unspecified atom stereocenters. The van der Waals surface area contributed by atoms with Crippen molar-refractivity contribution < 1.29 is 14.3 Å². The molecule has 2 aromatic rings. The summed E-state index contributed by atoms with van der Waals surface area (Å²) in [6, 6.07) is 11.1. The number of nitrogens with zero attached hydrogens (tertiary/aromatic N) is 3. The molecule has 1 amide bonds. The third-order valence-corrected chi connectivity index (χ3v) is 4.59. The van der Waals surface area contributed by atoms with Gasteiger partial charge < -0.3 is 14.4 Å². The van der Waals surface area contributed by atoms with Crippen LogP contribution in [0.5, 0.6) is 11.8 Å². The van der Waals surface area contributed by atoms with Gasteiger partial charge in [-0.1, -0.05) is 0 Å². The molecule has 1 aliphatic heterocycles. The predicted molar refractivity (Wildman–Crippen MR) is 97.3 cm³/mol. The number of ether oxygens (including phenoxy) is 2. The molecule has 0 bridgehead atoms. The summed E-state index contributed by atoms with van der Waals surface area (Å²) in [5.41, 5.74) is 0.709. The maximum atomic E-state index is 12.6. The van der Waals surface area contributed by atoms with Crippen LogP contribution in [0.3, 0.4) is 0 Å². The third-order valence-electron chi connectivity index (χ3n) is 3.87. The number of rotatable bonds is 4. The number of carbonyl (C=O) groups is 1. The zero-order valence-electron chi connectivity index (χ0n) is 13.3. The lowest BCUT2D eigenvalue weighted by atomic mass is 10.1. The molecule has 0 saturated carbocycles. The fourth-order valence-electron chi connectivity index (χ4n) is 2.64. The van der Waals surface area contributed by atoms with Crippen LogP contribution in [0.2, 0.25) is 0 Å². The highest BCUT2D eigenvalue weighted by Crippen LogP contribution is 2.19. The van der Waals surface area contributed by atoms with E-state index in [1.807, 2.05) is 29.2 Å². The van der Waals surface area contributed by atoms with Crippen molar-refractivity contribution >= 4 is 28.5 Å². The first-order valence-electron chi connectivity index (χ1n) is 7.75. The number of benzene rings is 1. The van der Waals surface area contributed by atoms with E-state index in [1.165, 1.54) is 0 Å². The minimum absolute atomic E-state index is 0.0421. The summed E-state index contributed by atoms with van der Waals surface area (Å²) in [6.45, 7) is 1.30. The van der Waals surface area contributed by atoms with Gasteiger partial charge in [0, 0.05) is 27.8 Å². The summed E-state index contributed by atoms with van der Waals surface area (Å²) in [7, 11) is 1.54. The average Bonchev–Trinajstić information content (AvgIpc) is 2.63. The van der Waals surface area contributed by atoms with Crippen LogP contribution in [0.15, 0.2) is 36.4 Å². The second-order valence-electron chi connectivity index (χ2n) is 5.55. The van der Waals surface area contributed by atoms with Crippen LogP contribution in [0, 0.1) is 3.57 Å². The van der Waals surface area contributed by atoms with Crippen molar-refractivity contribution in [1.29, 1.82) is 0 Å². The van der Waals surface area contributed by atoms with Crippen molar-refractivity contribution in [2.75, 3.05) is 20.2 Å². The predicted octanol–water partition coefficient (Wildman–Crippen LogP) is 2.77. The summed E-state index contributed by atoms with van der Waals surface area (Å²) in [6.07, 6.45) is 1.73. The number of aromatic nitrogens is 2. The Labute approximate surface area is 154 Å². The molecule has 1 aromatic carbocycles. The highest BCUT2D eigenvalue weighted by Gasteiger charge is 2.26. The van der Waals surface area contributed by atoms with Gasteiger partial charge in [-0.3, -0.25) is 4.79 Å². The first-order valence-corrected chi connectivity index (χ1v) is 8.83. The van der Waals surface area contributed by atoms with E-state index in [0.29, 0.717) is 23.9 Å². The highest BCUT2D eigenvalue weighted by molar-refractivity contribution is 14.1. The summed E-state index contributed by atoms with van der Waals surface area (Å²) in [5.74, 6) is 0.936. The molecular weight excluding hydrogens is 421 g/mol. The van der Waals surface area contributed by atoms with E-state index in [-0.39, 0.29) is 12.0 Å². The number of hydrogen-bond donors (Lipinski definition) is 0. The van der Waals surface area contributed by atoms with Gasteiger partial charge in [0.1, 0.15) is 6.10 Å². The molecule has 1 aliphatic rings. The molecule has 1 atom stereocenters. The van der Waals surface area contributed by atoms with E-state index >= 15 is 0 Å². The Kier molecular flexibility index (Phi) is 5.49. The number of carbonyl (C=O) groups excluding carboxylic acids is 1. The lowest BCUT2D eigenvalue weighted by molar-refractivity contribution is 0.0525. The molecule has 1 fully saturated rings. The Morgan fingerprint density at radius 3 is 2.54 bits per heavy atom.